The van der Waals surface area contributed by atoms with Crippen LogP contribution in [0.3, 0.4) is 0 Å². The molecule has 0 aromatic carbocycles. The van der Waals surface area contributed by atoms with Gasteiger partial charge in [0.15, 0.2) is 0 Å². The zero-order chi connectivity index (χ0) is 8.10. The molecule has 0 aliphatic carbocycles. The Labute approximate surface area is 65.7 Å². The summed E-state index contributed by atoms with van der Waals surface area (Å²) < 4.78 is 0. The fraction of sp³-hybridized carbons (Fsp3) is 0.500. The number of carbonyl (C=O) groups excluding carboxylic acids is 2. The Morgan fingerprint density at radius 2 is 2.00 bits per heavy atom. The molecule has 3 nitrogen and oxygen atoms in total. The van der Waals surface area contributed by atoms with Crippen molar-refractivity contribution in [3.05, 3.63) is 12.2 Å². The van der Waals surface area contributed by atoms with Crippen LogP contribution in [0, 0.1) is 0 Å². The fourth-order valence-electron chi connectivity index (χ4n) is 1.15. The average Bonchev–Trinajstić information content (AvgIpc) is 2.52. The predicted octanol–water partition coefficient (Wildman–Crippen LogP) is 0.275. The highest BCUT2D eigenvalue weighted by atomic mass is 16.2. The van der Waals surface area contributed by atoms with Gasteiger partial charge in [-0.05, 0) is 18.9 Å². The van der Waals surface area contributed by atoms with Gasteiger partial charge in [0.05, 0.1) is 0 Å². The van der Waals surface area contributed by atoms with Crippen molar-refractivity contribution in [1.82, 2.24) is 4.90 Å². The molecule has 1 saturated heterocycles. The van der Waals surface area contributed by atoms with Crippen molar-refractivity contribution in [1.29, 1.82) is 0 Å². The molecule has 1 rings (SSSR count). The molecule has 0 spiro atoms. The molecule has 0 N–H and O–H groups in total. The van der Waals surface area contributed by atoms with Crippen LogP contribution in [0.5, 0.6) is 0 Å². The van der Waals surface area contributed by atoms with E-state index < -0.39 is 0 Å². The SMILES string of the molecule is O=[C]C=CC(=O)N1CCCC1. The standard InChI is InChI=1S/C8H10NO2/c10-7-3-4-8(11)9-5-1-2-6-9/h3-4H,1-2,5-6H2. The van der Waals surface area contributed by atoms with E-state index in [0.29, 0.717) is 0 Å². The van der Waals surface area contributed by atoms with Crippen molar-refractivity contribution >= 4 is 12.2 Å². The number of carbonyl (C=O) groups is 1. The van der Waals surface area contributed by atoms with Crippen LogP contribution in [0.25, 0.3) is 0 Å². The minimum Gasteiger partial charge on any atom is -0.339 e. The molecule has 1 radical (unpaired) electrons. The van der Waals surface area contributed by atoms with Gasteiger partial charge < -0.3 is 4.90 Å². The second-order valence-corrected chi connectivity index (χ2v) is 2.48. The maximum atomic E-state index is 11.1. The van der Waals surface area contributed by atoms with Gasteiger partial charge in [0, 0.05) is 19.2 Å². The van der Waals surface area contributed by atoms with Crippen molar-refractivity contribution in [3.8, 4) is 0 Å². The molecule has 1 fully saturated rings. The highest BCUT2D eigenvalue weighted by Crippen LogP contribution is 2.07. The summed E-state index contributed by atoms with van der Waals surface area (Å²) in [6, 6.07) is 0. The van der Waals surface area contributed by atoms with Crippen LogP contribution in [0.15, 0.2) is 12.2 Å². The zero-order valence-corrected chi connectivity index (χ0v) is 6.25. The van der Waals surface area contributed by atoms with Crippen LogP contribution in [-0.4, -0.2) is 30.2 Å². The maximum absolute atomic E-state index is 11.1. The molecule has 3 heteroatoms. The van der Waals surface area contributed by atoms with Crippen molar-refractivity contribution in [2.75, 3.05) is 13.1 Å². The number of rotatable bonds is 2. The van der Waals surface area contributed by atoms with E-state index >= 15 is 0 Å². The Morgan fingerprint density at radius 3 is 2.55 bits per heavy atom. The van der Waals surface area contributed by atoms with Gasteiger partial charge in [-0.2, -0.15) is 0 Å². The molecule has 1 aliphatic heterocycles. The Hall–Kier alpha value is -1.12. The van der Waals surface area contributed by atoms with Gasteiger partial charge in [-0.15, -0.1) is 0 Å². The zero-order valence-electron chi connectivity index (χ0n) is 6.25. The Bertz CT molecular complexity index is 181. The van der Waals surface area contributed by atoms with E-state index in [0.717, 1.165) is 32.0 Å². The number of likely N-dealkylation sites (tertiary alicyclic amines) is 1. The summed E-state index contributed by atoms with van der Waals surface area (Å²) in [4.78, 5) is 22.5. The lowest BCUT2D eigenvalue weighted by Gasteiger charge is -2.10. The van der Waals surface area contributed by atoms with Crippen molar-refractivity contribution in [2.45, 2.75) is 12.8 Å². The molecular weight excluding hydrogens is 142 g/mol. The molecule has 1 amide bonds. The van der Waals surface area contributed by atoms with Crippen molar-refractivity contribution in [2.24, 2.45) is 0 Å². The number of allylic oxidation sites excluding steroid dienone is 1. The first-order chi connectivity index (χ1) is 5.34. The van der Waals surface area contributed by atoms with Crippen LogP contribution in [-0.2, 0) is 9.59 Å². The average molecular weight is 152 g/mol. The van der Waals surface area contributed by atoms with E-state index in [-0.39, 0.29) is 5.91 Å². The van der Waals surface area contributed by atoms with Crippen LogP contribution < -0.4 is 0 Å². The lowest BCUT2D eigenvalue weighted by molar-refractivity contribution is -0.124. The number of hydrogen-bond acceptors (Lipinski definition) is 2. The molecule has 11 heavy (non-hydrogen) atoms. The monoisotopic (exact) mass is 152 g/mol. The van der Waals surface area contributed by atoms with E-state index in [1.54, 1.807) is 11.2 Å². The van der Waals surface area contributed by atoms with Crippen molar-refractivity contribution < 1.29 is 9.59 Å². The van der Waals surface area contributed by atoms with Gasteiger partial charge in [-0.25, -0.2) is 0 Å². The number of nitrogens with zero attached hydrogens (tertiary/aromatic N) is 1. The fourth-order valence-corrected chi connectivity index (χ4v) is 1.15. The summed E-state index contributed by atoms with van der Waals surface area (Å²) in [5.41, 5.74) is 0. The van der Waals surface area contributed by atoms with Crippen LogP contribution in [0.1, 0.15) is 12.8 Å². The van der Waals surface area contributed by atoms with E-state index in [4.69, 9.17) is 0 Å². The minimum absolute atomic E-state index is 0.0779. The molecule has 59 valence electrons. The van der Waals surface area contributed by atoms with E-state index in [9.17, 15) is 9.59 Å². The van der Waals surface area contributed by atoms with Gasteiger partial charge >= 0.3 is 0 Å². The molecule has 0 unspecified atom stereocenters. The molecule has 0 saturated carbocycles. The largest absolute Gasteiger partial charge is 0.339 e. The maximum Gasteiger partial charge on any atom is 0.246 e. The summed E-state index contributed by atoms with van der Waals surface area (Å²) in [6.07, 6.45) is 6.07. The highest BCUT2D eigenvalue weighted by Gasteiger charge is 2.14. The van der Waals surface area contributed by atoms with E-state index in [1.807, 2.05) is 0 Å². The summed E-state index contributed by atoms with van der Waals surface area (Å²) in [5.74, 6) is -0.0779. The first kappa shape index (κ1) is 7.98. The van der Waals surface area contributed by atoms with Gasteiger partial charge in [0.2, 0.25) is 12.2 Å². The number of amides is 1. The smallest absolute Gasteiger partial charge is 0.246 e. The Kier molecular flexibility index (Phi) is 2.83. The highest BCUT2D eigenvalue weighted by molar-refractivity contribution is 5.91. The molecule has 0 aromatic rings. The topological polar surface area (TPSA) is 37.4 Å². The molecule has 0 aromatic heterocycles. The number of hydrogen-bond donors (Lipinski definition) is 0. The van der Waals surface area contributed by atoms with Crippen LogP contribution >= 0.6 is 0 Å². The molecule has 0 bridgehead atoms. The quantitative estimate of drug-likeness (QED) is 0.533. The second kappa shape index (κ2) is 3.91. The molecular formula is C8H10NO2. The summed E-state index contributed by atoms with van der Waals surface area (Å²) in [7, 11) is 0. The lowest BCUT2D eigenvalue weighted by Crippen LogP contribution is -2.25. The normalized spacial score (nSPS) is 17.6. The second-order valence-electron chi connectivity index (χ2n) is 2.48. The van der Waals surface area contributed by atoms with Crippen LogP contribution in [0.4, 0.5) is 0 Å². The van der Waals surface area contributed by atoms with Crippen molar-refractivity contribution in [3.63, 3.8) is 0 Å². The first-order valence-electron chi connectivity index (χ1n) is 3.67. The lowest BCUT2D eigenvalue weighted by atomic mass is 10.4. The predicted molar refractivity (Wildman–Crippen MR) is 40.6 cm³/mol. The third kappa shape index (κ3) is 2.18. The van der Waals surface area contributed by atoms with Gasteiger partial charge in [-0.3, -0.25) is 9.59 Å². The Balaban J connectivity index is 2.40. The van der Waals surface area contributed by atoms with Gasteiger partial charge in [-0.1, -0.05) is 0 Å². The third-order valence-electron chi connectivity index (χ3n) is 1.71. The van der Waals surface area contributed by atoms with E-state index in [1.165, 1.54) is 6.08 Å². The molecule has 1 aliphatic rings. The van der Waals surface area contributed by atoms with Gasteiger partial charge in [0.25, 0.3) is 0 Å². The summed E-state index contributed by atoms with van der Waals surface area (Å²) in [6.45, 7) is 1.64. The van der Waals surface area contributed by atoms with Crippen LogP contribution in [0.2, 0.25) is 0 Å². The molecule has 0 atom stereocenters. The van der Waals surface area contributed by atoms with E-state index in [2.05, 4.69) is 0 Å². The summed E-state index contributed by atoms with van der Waals surface area (Å²) >= 11 is 0. The first-order valence-corrected chi connectivity index (χ1v) is 3.67. The molecule has 1 heterocycles. The van der Waals surface area contributed by atoms with Gasteiger partial charge in [0.1, 0.15) is 0 Å². The minimum atomic E-state index is -0.0779. The Morgan fingerprint density at radius 1 is 1.36 bits per heavy atom. The summed E-state index contributed by atoms with van der Waals surface area (Å²) in [5, 5.41) is 0. The third-order valence-corrected chi connectivity index (χ3v) is 1.71.